The van der Waals surface area contributed by atoms with Gasteiger partial charge in [-0.3, -0.25) is 4.99 Å². The standard InChI is InChI=1S/C20H23N3O.HI/c1-21-20(22-13-11-16-7-3-2-4-8-16)23-14-12-18-15-17-9-5-6-10-19(17)24-18;/h2-10,15H,11-14H2,1H3,(H2,21,22,23);1H. The Hall–Kier alpha value is -2.02. The highest BCUT2D eigenvalue weighted by Crippen LogP contribution is 2.18. The van der Waals surface area contributed by atoms with Gasteiger partial charge < -0.3 is 15.1 Å². The molecular formula is C20H24IN3O. The molecule has 0 saturated carbocycles. The van der Waals surface area contributed by atoms with Crippen LogP contribution in [0.5, 0.6) is 0 Å². The Balaban J connectivity index is 0.00000225. The number of nitrogens with one attached hydrogen (secondary N) is 2. The molecule has 0 amide bonds. The molecule has 0 atom stereocenters. The van der Waals surface area contributed by atoms with Crippen LogP contribution in [-0.2, 0) is 12.8 Å². The second-order valence-corrected chi connectivity index (χ2v) is 5.66. The van der Waals surface area contributed by atoms with Crippen molar-refractivity contribution in [2.75, 3.05) is 20.1 Å². The molecule has 0 spiro atoms. The Labute approximate surface area is 165 Å². The maximum atomic E-state index is 5.82. The van der Waals surface area contributed by atoms with Gasteiger partial charge in [0, 0.05) is 31.9 Å². The van der Waals surface area contributed by atoms with Crippen LogP contribution >= 0.6 is 24.0 Å². The average molecular weight is 449 g/mol. The zero-order valence-corrected chi connectivity index (χ0v) is 16.7. The van der Waals surface area contributed by atoms with Crippen molar-refractivity contribution in [3.63, 3.8) is 0 Å². The van der Waals surface area contributed by atoms with E-state index in [2.05, 4.69) is 52.0 Å². The summed E-state index contributed by atoms with van der Waals surface area (Å²) in [5, 5.41) is 7.82. The number of fused-ring (bicyclic) bond motifs is 1. The van der Waals surface area contributed by atoms with Gasteiger partial charge in [0.25, 0.3) is 0 Å². The van der Waals surface area contributed by atoms with Gasteiger partial charge in [0.05, 0.1) is 0 Å². The number of para-hydroxylation sites is 1. The van der Waals surface area contributed by atoms with Gasteiger partial charge in [-0.25, -0.2) is 0 Å². The molecule has 132 valence electrons. The van der Waals surface area contributed by atoms with Crippen LogP contribution in [0.2, 0.25) is 0 Å². The summed E-state index contributed by atoms with van der Waals surface area (Å²) in [6.45, 7) is 1.64. The number of aliphatic imine (C=N–C) groups is 1. The fraction of sp³-hybridized carbons (Fsp3) is 0.250. The van der Waals surface area contributed by atoms with Crippen molar-refractivity contribution >= 4 is 40.9 Å². The molecule has 4 nitrogen and oxygen atoms in total. The molecular weight excluding hydrogens is 425 g/mol. The number of hydrogen-bond acceptors (Lipinski definition) is 2. The first-order chi connectivity index (χ1) is 11.8. The third-order valence-electron chi connectivity index (χ3n) is 3.91. The van der Waals surface area contributed by atoms with Gasteiger partial charge in [-0.15, -0.1) is 24.0 Å². The van der Waals surface area contributed by atoms with Crippen LogP contribution in [0.1, 0.15) is 11.3 Å². The van der Waals surface area contributed by atoms with Crippen LogP contribution in [-0.4, -0.2) is 26.1 Å². The van der Waals surface area contributed by atoms with E-state index in [9.17, 15) is 0 Å². The summed E-state index contributed by atoms with van der Waals surface area (Å²) < 4.78 is 5.82. The highest BCUT2D eigenvalue weighted by molar-refractivity contribution is 14.0. The van der Waals surface area contributed by atoms with Crippen LogP contribution in [0.3, 0.4) is 0 Å². The third kappa shape index (κ3) is 5.77. The van der Waals surface area contributed by atoms with Crippen molar-refractivity contribution in [1.29, 1.82) is 0 Å². The number of benzene rings is 2. The first-order valence-electron chi connectivity index (χ1n) is 8.31. The lowest BCUT2D eigenvalue weighted by molar-refractivity contribution is 0.544. The van der Waals surface area contributed by atoms with E-state index < -0.39 is 0 Å². The number of hydrogen-bond donors (Lipinski definition) is 2. The minimum atomic E-state index is 0. The van der Waals surface area contributed by atoms with E-state index in [4.69, 9.17) is 4.42 Å². The molecule has 0 bridgehead atoms. The lowest BCUT2D eigenvalue weighted by Gasteiger charge is -2.11. The molecule has 0 aliphatic rings. The van der Waals surface area contributed by atoms with Gasteiger partial charge in [-0.05, 0) is 24.1 Å². The number of guanidine groups is 1. The van der Waals surface area contributed by atoms with E-state index in [1.54, 1.807) is 7.05 Å². The van der Waals surface area contributed by atoms with E-state index in [1.165, 1.54) is 5.56 Å². The van der Waals surface area contributed by atoms with Gasteiger partial charge in [-0.2, -0.15) is 0 Å². The van der Waals surface area contributed by atoms with Gasteiger partial charge in [0.15, 0.2) is 5.96 Å². The van der Waals surface area contributed by atoms with Crippen molar-refractivity contribution in [3.8, 4) is 0 Å². The topological polar surface area (TPSA) is 49.6 Å². The summed E-state index contributed by atoms with van der Waals surface area (Å²) in [4.78, 5) is 4.26. The first kappa shape index (κ1) is 19.3. The Morgan fingerprint density at radius 1 is 0.920 bits per heavy atom. The fourth-order valence-electron chi connectivity index (χ4n) is 2.65. The van der Waals surface area contributed by atoms with Crippen LogP contribution in [0.4, 0.5) is 0 Å². The second kappa shape index (κ2) is 10.1. The molecule has 3 aromatic rings. The summed E-state index contributed by atoms with van der Waals surface area (Å²) in [5.41, 5.74) is 2.26. The smallest absolute Gasteiger partial charge is 0.191 e. The largest absolute Gasteiger partial charge is 0.461 e. The van der Waals surface area contributed by atoms with Crippen molar-refractivity contribution in [2.45, 2.75) is 12.8 Å². The Morgan fingerprint density at radius 3 is 2.32 bits per heavy atom. The van der Waals surface area contributed by atoms with Crippen LogP contribution in [0.25, 0.3) is 11.0 Å². The molecule has 0 unspecified atom stereocenters. The zero-order valence-electron chi connectivity index (χ0n) is 14.4. The molecule has 1 heterocycles. The average Bonchev–Trinajstić information content (AvgIpc) is 3.04. The lowest BCUT2D eigenvalue weighted by atomic mass is 10.1. The zero-order chi connectivity index (χ0) is 16.6. The highest BCUT2D eigenvalue weighted by Gasteiger charge is 2.03. The minimum Gasteiger partial charge on any atom is -0.461 e. The summed E-state index contributed by atoms with van der Waals surface area (Å²) in [5.74, 6) is 1.81. The minimum absolute atomic E-state index is 0. The summed E-state index contributed by atoms with van der Waals surface area (Å²) in [6.07, 6.45) is 1.80. The number of furan rings is 1. The molecule has 3 rings (SSSR count). The predicted octanol–water partition coefficient (Wildman–Crippen LogP) is 4.00. The first-order valence-corrected chi connectivity index (χ1v) is 8.31. The van der Waals surface area contributed by atoms with E-state index >= 15 is 0 Å². The maximum absolute atomic E-state index is 5.82. The number of nitrogens with zero attached hydrogens (tertiary/aromatic N) is 1. The molecule has 2 N–H and O–H groups in total. The molecule has 1 aromatic heterocycles. The van der Waals surface area contributed by atoms with E-state index in [0.717, 1.165) is 48.6 Å². The van der Waals surface area contributed by atoms with Gasteiger partial charge in [-0.1, -0.05) is 48.5 Å². The van der Waals surface area contributed by atoms with Gasteiger partial charge in [0.1, 0.15) is 11.3 Å². The van der Waals surface area contributed by atoms with Crippen LogP contribution in [0, 0.1) is 0 Å². The monoisotopic (exact) mass is 449 g/mol. The van der Waals surface area contributed by atoms with Gasteiger partial charge in [0.2, 0.25) is 0 Å². The molecule has 2 aromatic carbocycles. The summed E-state index contributed by atoms with van der Waals surface area (Å²) in [7, 11) is 1.79. The van der Waals surface area contributed by atoms with Gasteiger partial charge >= 0.3 is 0 Å². The Kier molecular flexibility index (Phi) is 7.78. The number of rotatable bonds is 6. The van der Waals surface area contributed by atoms with Crippen molar-refractivity contribution in [1.82, 2.24) is 10.6 Å². The fourth-order valence-corrected chi connectivity index (χ4v) is 2.65. The van der Waals surface area contributed by atoms with Crippen LogP contribution in [0.15, 0.2) is 70.1 Å². The van der Waals surface area contributed by atoms with E-state index in [-0.39, 0.29) is 24.0 Å². The quantitative estimate of drug-likeness (QED) is 0.340. The molecule has 0 aliphatic heterocycles. The Morgan fingerprint density at radius 2 is 1.60 bits per heavy atom. The van der Waals surface area contributed by atoms with Crippen LogP contribution < -0.4 is 10.6 Å². The molecule has 0 saturated heterocycles. The SMILES string of the molecule is CN=C(NCCc1ccccc1)NCCc1cc2ccccc2o1.I. The molecule has 0 radical (unpaired) electrons. The maximum Gasteiger partial charge on any atom is 0.191 e. The second-order valence-electron chi connectivity index (χ2n) is 5.66. The van der Waals surface area contributed by atoms with E-state index in [0.29, 0.717) is 0 Å². The lowest BCUT2D eigenvalue weighted by Crippen LogP contribution is -2.39. The molecule has 25 heavy (non-hydrogen) atoms. The van der Waals surface area contributed by atoms with E-state index in [1.807, 2.05) is 24.3 Å². The molecule has 0 fully saturated rings. The molecule has 5 heteroatoms. The number of halogens is 1. The normalized spacial score (nSPS) is 11.2. The van der Waals surface area contributed by atoms with Crippen molar-refractivity contribution < 1.29 is 4.42 Å². The molecule has 0 aliphatic carbocycles. The highest BCUT2D eigenvalue weighted by atomic mass is 127. The Bertz CT molecular complexity index is 766. The predicted molar refractivity (Wildman–Crippen MR) is 115 cm³/mol. The summed E-state index contributed by atoms with van der Waals surface area (Å²) in [6, 6.07) is 20.6. The van der Waals surface area contributed by atoms with Crippen molar-refractivity contribution in [2.24, 2.45) is 4.99 Å². The summed E-state index contributed by atoms with van der Waals surface area (Å²) >= 11 is 0. The van der Waals surface area contributed by atoms with Crippen molar-refractivity contribution in [3.05, 3.63) is 72.0 Å². The third-order valence-corrected chi connectivity index (χ3v) is 3.91.